The number of allylic oxidation sites excluding steroid dienone is 1. The molecular formula is C26H35BrO3Si. The van der Waals surface area contributed by atoms with Gasteiger partial charge in [-0.1, -0.05) is 103 Å². The van der Waals surface area contributed by atoms with Crippen LogP contribution in [-0.4, -0.2) is 43.2 Å². The van der Waals surface area contributed by atoms with E-state index in [4.69, 9.17) is 9.16 Å². The molecule has 0 unspecified atom stereocenters. The van der Waals surface area contributed by atoms with Gasteiger partial charge in [0.2, 0.25) is 0 Å². The minimum Gasteiger partial charge on any atom is -0.407 e. The monoisotopic (exact) mass is 502 g/mol. The molecule has 0 spiro atoms. The topological polar surface area (TPSA) is 38.7 Å². The fourth-order valence-electron chi connectivity index (χ4n) is 4.65. The summed E-state index contributed by atoms with van der Waals surface area (Å²) >= 11 is 3.68. The third kappa shape index (κ3) is 5.40. The molecule has 2 aromatic rings. The van der Waals surface area contributed by atoms with Gasteiger partial charge in [-0.05, 0) is 28.3 Å². The van der Waals surface area contributed by atoms with E-state index in [9.17, 15) is 5.11 Å². The molecule has 2 aromatic carbocycles. The second-order valence-corrected chi connectivity index (χ2v) is 14.8. The Kier molecular flexibility index (Phi) is 8.33. The third-order valence-electron chi connectivity index (χ3n) is 6.19. The van der Waals surface area contributed by atoms with Crippen molar-refractivity contribution in [2.75, 3.05) is 6.61 Å². The Morgan fingerprint density at radius 2 is 1.68 bits per heavy atom. The van der Waals surface area contributed by atoms with Crippen LogP contribution in [-0.2, 0) is 9.16 Å². The molecule has 31 heavy (non-hydrogen) atoms. The van der Waals surface area contributed by atoms with Gasteiger partial charge in [0.15, 0.2) is 0 Å². The summed E-state index contributed by atoms with van der Waals surface area (Å²) in [5.41, 5.74) is 0. The van der Waals surface area contributed by atoms with Crippen LogP contribution in [0.5, 0.6) is 0 Å². The summed E-state index contributed by atoms with van der Waals surface area (Å²) in [5.74, 6) is 0. The van der Waals surface area contributed by atoms with Crippen molar-refractivity contribution in [1.29, 1.82) is 0 Å². The Hall–Kier alpha value is -1.24. The lowest BCUT2D eigenvalue weighted by atomic mass is 10.1. The van der Waals surface area contributed by atoms with Crippen LogP contribution in [0, 0.1) is 0 Å². The van der Waals surface area contributed by atoms with E-state index in [2.05, 4.69) is 104 Å². The van der Waals surface area contributed by atoms with Crippen LogP contribution in [0.25, 0.3) is 0 Å². The van der Waals surface area contributed by atoms with Crippen molar-refractivity contribution in [1.82, 2.24) is 0 Å². The first kappa shape index (κ1) is 24.4. The maximum atomic E-state index is 10.6. The first-order valence-electron chi connectivity index (χ1n) is 11.1. The maximum Gasteiger partial charge on any atom is 0.261 e. The summed E-state index contributed by atoms with van der Waals surface area (Å²) in [4.78, 5) is 0.183. The van der Waals surface area contributed by atoms with E-state index in [1.807, 2.05) is 6.08 Å². The Labute approximate surface area is 196 Å². The summed E-state index contributed by atoms with van der Waals surface area (Å²) in [5, 5.41) is 13.1. The summed E-state index contributed by atoms with van der Waals surface area (Å²) in [7, 11) is -2.55. The lowest BCUT2D eigenvalue weighted by molar-refractivity contribution is -0.00162. The molecule has 0 saturated carbocycles. The largest absolute Gasteiger partial charge is 0.407 e. The van der Waals surface area contributed by atoms with Gasteiger partial charge < -0.3 is 14.3 Å². The zero-order valence-electron chi connectivity index (χ0n) is 18.8. The summed E-state index contributed by atoms with van der Waals surface area (Å²) in [6.45, 7) is 11.2. The quantitative estimate of drug-likeness (QED) is 0.303. The van der Waals surface area contributed by atoms with Gasteiger partial charge >= 0.3 is 0 Å². The number of benzene rings is 2. The van der Waals surface area contributed by atoms with Crippen molar-refractivity contribution in [3.05, 3.63) is 73.3 Å². The van der Waals surface area contributed by atoms with E-state index >= 15 is 0 Å². The van der Waals surface area contributed by atoms with E-state index in [1.54, 1.807) is 0 Å². The highest BCUT2D eigenvalue weighted by molar-refractivity contribution is 9.09. The fourth-order valence-corrected chi connectivity index (χ4v) is 9.84. The highest BCUT2D eigenvalue weighted by Gasteiger charge is 2.50. The molecule has 1 N–H and O–H groups in total. The Bertz CT molecular complexity index is 782. The van der Waals surface area contributed by atoms with Crippen molar-refractivity contribution < 1.29 is 14.3 Å². The second kappa shape index (κ2) is 10.6. The van der Waals surface area contributed by atoms with Crippen LogP contribution >= 0.6 is 15.9 Å². The molecular weight excluding hydrogens is 468 g/mol. The Morgan fingerprint density at radius 3 is 2.16 bits per heavy atom. The molecule has 0 radical (unpaired) electrons. The van der Waals surface area contributed by atoms with Gasteiger partial charge in [0.1, 0.15) is 0 Å². The van der Waals surface area contributed by atoms with Crippen molar-refractivity contribution in [2.45, 2.75) is 68.2 Å². The number of hydrogen-bond donors (Lipinski definition) is 1. The van der Waals surface area contributed by atoms with E-state index in [0.29, 0.717) is 19.4 Å². The van der Waals surface area contributed by atoms with Crippen molar-refractivity contribution in [3.63, 3.8) is 0 Å². The van der Waals surface area contributed by atoms with Crippen LogP contribution in [0.2, 0.25) is 5.04 Å². The smallest absolute Gasteiger partial charge is 0.261 e. The lowest BCUT2D eigenvalue weighted by Crippen LogP contribution is -2.66. The normalized spacial score (nSPS) is 22.9. The van der Waals surface area contributed by atoms with Crippen LogP contribution in [0.4, 0.5) is 0 Å². The van der Waals surface area contributed by atoms with Gasteiger partial charge in [-0.25, -0.2) is 0 Å². The van der Waals surface area contributed by atoms with Crippen LogP contribution in [0.1, 0.15) is 40.0 Å². The van der Waals surface area contributed by atoms with Gasteiger partial charge in [-0.2, -0.15) is 0 Å². The van der Waals surface area contributed by atoms with Gasteiger partial charge in [0, 0.05) is 17.9 Å². The zero-order chi connectivity index (χ0) is 22.5. The number of ether oxygens (including phenoxy) is 1. The van der Waals surface area contributed by atoms with E-state index in [1.165, 1.54) is 10.4 Å². The minimum absolute atomic E-state index is 0.00543. The molecule has 1 saturated heterocycles. The lowest BCUT2D eigenvalue weighted by Gasteiger charge is -2.43. The summed E-state index contributed by atoms with van der Waals surface area (Å²) in [6.07, 6.45) is 3.37. The molecule has 3 rings (SSSR count). The first-order valence-corrected chi connectivity index (χ1v) is 14.0. The maximum absolute atomic E-state index is 10.6. The van der Waals surface area contributed by atoms with Crippen molar-refractivity contribution in [2.24, 2.45) is 0 Å². The van der Waals surface area contributed by atoms with Gasteiger partial charge in [-0.15, -0.1) is 6.58 Å². The van der Waals surface area contributed by atoms with Crippen molar-refractivity contribution >= 4 is 34.6 Å². The van der Waals surface area contributed by atoms with Crippen LogP contribution in [0.15, 0.2) is 73.3 Å². The Morgan fingerprint density at radius 1 is 1.13 bits per heavy atom. The molecule has 1 fully saturated rings. The molecule has 1 aliphatic rings. The van der Waals surface area contributed by atoms with Gasteiger partial charge in [0.25, 0.3) is 8.32 Å². The highest BCUT2D eigenvalue weighted by atomic mass is 79.9. The molecule has 1 heterocycles. The summed E-state index contributed by atoms with van der Waals surface area (Å²) < 4.78 is 13.1. The predicted octanol–water partition coefficient (Wildman–Crippen LogP) is 4.81. The Balaban J connectivity index is 1.81. The number of aliphatic hydroxyl groups is 1. The molecule has 5 heteroatoms. The zero-order valence-corrected chi connectivity index (χ0v) is 21.4. The molecule has 0 aromatic heterocycles. The third-order valence-corrected chi connectivity index (χ3v) is 12.2. The van der Waals surface area contributed by atoms with Gasteiger partial charge in [0.05, 0.1) is 18.3 Å². The number of rotatable bonds is 9. The average molecular weight is 504 g/mol. The molecule has 3 nitrogen and oxygen atoms in total. The van der Waals surface area contributed by atoms with E-state index in [0.717, 1.165) is 6.42 Å². The van der Waals surface area contributed by atoms with Crippen molar-refractivity contribution in [3.8, 4) is 0 Å². The molecule has 4 atom stereocenters. The minimum atomic E-state index is -2.55. The molecule has 1 aliphatic heterocycles. The van der Waals surface area contributed by atoms with Crippen LogP contribution < -0.4 is 10.4 Å². The molecule has 168 valence electrons. The molecule has 0 amide bonds. The second-order valence-electron chi connectivity index (χ2n) is 9.36. The van der Waals surface area contributed by atoms with Gasteiger partial charge in [-0.3, -0.25) is 0 Å². The fraction of sp³-hybridized carbons (Fsp3) is 0.462. The molecule has 0 aliphatic carbocycles. The molecule has 0 bridgehead atoms. The number of alkyl halides is 1. The highest BCUT2D eigenvalue weighted by Crippen LogP contribution is 2.37. The van der Waals surface area contributed by atoms with Crippen LogP contribution in [0.3, 0.4) is 0 Å². The predicted molar refractivity (Wildman–Crippen MR) is 135 cm³/mol. The standard InChI is InChI=1S/C26H35BrO3Si/c1-5-12-22(27)25-19-23(28)24(30-25)17-18-29-31(26(2,3)4,20-13-8-6-9-14-20)21-15-10-7-11-16-21/h5-11,13-16,22-25,28H,1,12,17-19H2,2-4H3/t22-,23+,24+,25-/m0/s1. The average Bonchev–Trinajstić information content (AvgIpc) is 3.12. The first-order chi connectivity index (χ1) is 14.8. The van der Waals surface area contributed by atoms with E-state index in [-0.39, 0.29) is 22.1 Å². The van der Waals surface area contributed by atoms with E-state index < -0.39 is 14.4 Å². The number of halogens is 1. The SMILES string of the molecule is C=CC[C@H](Br)[C@@H]1C[C@@H](O)[C@@H](CCO[Si](c2ccccc2)(c2ccccc2)C(C)(C)C)O1. The summed E-state index contributed by atoms with van der Waals surface area (Å²) in [6, 6.07) is 21.3. The number of aliphatic hydroxyl groups excluding tert-OH is 1. The number of hydrogen-bond acceptors (Lipinski definition) is 3.